The molecule has 0 bridgehead atoms. The molecule has 1 fully saturated rings. The van der Waals surface area contributed by atoms with E-state index in [9.17, 15) is 9.90 Å². The maximum Gasteiger partial charge on any atom is 0.256 e. The van der Waals surface area contributed by atoms with Crippen LogP contribution < -0.4 is 9.47 Å². The number of fused-ring (bicyclic) bond motifs is 2. The predicted octanol–water partition coefficient (Wildman–Crippen LogP) is 3.67. The normalized spacial score (nSPS) is 17.9. The number of piperidine rings is 1. The van der Waals surface area contributed by atoms with E-state index in [2.05, 4.69) is 4.98 Å². The van der Waals surface area contributed by atoms with Crippen molar-refractivity contribution in [2.24, 2.45) is 0 Å². The van der Waals surface area contributed by atoms with Gasteiger partial charge in [-0.1, -0.05) is 23.7 Å². The molecule has 2 aliphatic heterocycles. The van der Waals surface area contributed by atoms with Gasteiger partial charge in [0.25, 0.3) is 5.91 Å². The highest BCUT2D eigenvalue weighted by atomic mass is 35.5. The minimum absolute atomic E-state index is 0.0405. The van der Waals surface area contributed by atoms with Gasteiger partial charge in [0, 0.05) is 35.2 Å². The van der Waals surface area contributed by atoms with E-state index >= 15 is 0 Å². The number of carbonyl (C=O) groups is 1. The van der Waals surface area contributed by atoms with E-state index in [1.807, 2.05) is 30.3 Å². The quantitative estimate of drug-likeness (QED) is 0.690. The number of aromatic nitrogens is 1. The van der Waals surface area contributed by atoms with Crippen molar-refractivity contribution < 1.29 is 19.4 Å². The monoisotopic (exact) mass is 398 g/mol. The molecule has 5 rings (SSSR count). The molecular weight excluding hydrogens is 380 g/mol. The first-order valence-electron chi connectivity index (χ1n) is 9.22. The minimum atomic E-state index is -0.981. The molecule has 2 aliphatic rings. The molecule has 0 saturated carbocycles. The van der Waals surface area contributed by atoms with Crippen molar-refractivity contribution in [3.63, 3.8) is 0 Å². The molecule has 144 valence electrons. The highest BCUT2D eigenvalue weighted by molar-refractivity contribution is 6.31. The summed E-state index contributed by atoms with van der Waals surface area (Å²) < 4.78 is 10.8. The van der Waals surface area contributed by atoms with Gasteiger partial charge in [-0.25, -0.2) is 0 Å². The average molecular weight is 399 g/mol. The Morgan fingerprint density at radius 2 is 1.89 bits per heavy atom. The van der Waals surface area contributed by atoms with E-state index in [0.29, 0.717) is 48.0 Å². The topological polar surface area (TPSA) is 74.8 Å². The molecule has 0 aliphatic carbocycles. The molecule has 0 spiro atoms. The Hall–Kier alpha value is -2.70. The number of likely N-dealkylation sites (tertiary alicyclic amines) is 1. The lowest BCUT2D eigenvalue weighted by Gasteiger charge is -2.38. The minimum Gasteiger partial charge on any atom is -0.454 e. The fourth-order valence-electron chi connectivity index (χ4n) is 4.00. The summed E-state index contributed by atoms with van der Waals surface area (Å²) in [6.45, 7) is 1.16. The first kappa shape index (κ1) is 17.4. The number of aromatic amines is 1. The van der Waals surface area contributed by atoms with Crippen molar-refractivity contribution in [1.82, 2.24) is 9.88 Å². The van der Waals surface area contributed by atoms with Gasteiger partial charge in [0.05, 0.1) is 11.2 Å². The van der Waals surface area contributed by atoms with Crippen LogP contribution >= 0.6 is 11.6 Å². The van der Waals surface area contributed by atoms with E-state index in [1.165, 1.54) is 0 Å². The largest absolute Gasteiger partial charge is 0.454 e. The second-order valence-electron chi connectivity index (χ2n) is 7.28. The molecule has 1 amide bonds. The van der Waals surface area contributed by atoms with Gasteiger partial charge >= 0.3 is 0 Å². The molecule has 2 N–H and O–H groups in total. The standard InChI is InChI=1S/C21H19ClN2O4/c22-14-2-3-15-16(11-23-17(15)10-14)20(25)24-7-5-21(26,6-8-24)13-1-4-18-19(9-13)28-12-27-18/h1-4,9-11,23,26H,5-8,12H2. The van der Waals surface area contributed by atoms with Gasteiger partial charge in [-0.2, -0.15) is 0 Å². The SMILES string of the molecule is O=C(c1c[nH]c2cc(Cl)ccc12)N1CCC(O)(c2ccc3c(c2)OCO3)CC1. The third-order valence-electron chi connectivity index (χ3n) is 5.66. The number of rotatable bonds is 2. The van der Waals surface area contributed by atoms with Crippen LogP contribution in [0.25, 0.3) is 10.9 Å². The van der Waals surface area contributed by atoms with Gasteiger partial charge in [0.1, 0.15) is 0 Å². The third-order valence-corrected chi connectivity index (χ3v) is 5.90. The van der Waals surface area contributed by atoms with Gasteiger partial charge in [-0.3, -0.25) is 4.79 Å². The molecule has 0 radical (unpaired) electrons. The molecule has 1 aromatic heterocycles. The summed E-state index contributed by atoms with van der Waals surface area (Å²) in [6, 6.07) is 11.0. The predicted molar refractivity (Wildman–Crippen MR) is 105 cm³/mol. The zero-order chi connectivity index (χ0) is 19.3. The fraction of sp³-hybridized carbons (Fsp3) is 0.286. The Morgan fingerprint density at radius 3 is 2.71 bits per heavy atom. The number of amides is 1. The molecule has 3 aromatic rings. The molecule has 6 nitrogen and oxygen atoms in total. The molecule has 0 unspecified atom stereocenters. The van der Waals surface area contributed by atoms with Crippen molar-refractivity contribution >= 4 is 28.4 Å². The number of aliphatic hydroxyl groups is 1. The van der Waals surface area contributed by atoms with E-state index in [4.69, 9.17) is 21.1 Å². The average Bonchev–Trinajstić information content (AvgIpc) is 3.33. The zero-order valence-electron chi connectivity index (χ0n) is 15.1. The molecule has 28 heavy (non-hydrogen) atoms. The summed E-state index contributed by atoms with van der Waals surface area (Å²) in [5.41, 5.74) is 1.28. The first-order chi connectivity index (χ1) is 13.5. The van der Waals surface area contributed by atoms with E-state index in [0.717, 1.165) is 16.5 Å². The van der Waals surface area contributed by atoms with E-state index in [1.54, 1.807) is 17.2 Å². The van der Waals surface area contributed by atoms with Crippen molar-refractivity contribution in [2.75, 3.05) is 19.9 Å². The lowest BCUT2D eigenvalue weighted by molar-refractivity contribution is -0.0212. The fourth-order valence-corrected chi connectivity index (χ4v) is 4.17. The van der Waals surface area contributed by atoms with Crippen LogP contribution in [0.3, 0.4) is 0 Å². The number of halogens is 1. The zero-order valence-corrected chi connectivity index (χ0v) is 15.8. The number of ether oxygens (including phenoxy) is 2. The molecule has 2 aromatic carbocycles. The van der Waals surface area contributed by atoms with Crippen molar-refractivity contribution in [1.29, 1.82) is 0 Å². The summed E-state index contributed by atoms with van der Waals surface area (Å²) in [5, 5.41) is 12.6. The molecular formula is C21H19ClN2O4. The highest BCUT2D eigenvalue weighted by Gasteiger charge is 2.37. The van der Waals surface area contributed by atoms with Crippen LogP contribution in [0, 0.1) is 0 Å². The Bertz CT molecular complexity index is 1070. The van der Waals surface area contributed by atoms with Crippen LogP contribution in [0.4, 0.5) is 0 Å². The van der Waals surface area contributed by atoms with Crippen LogP contribution in [0.2, 0.25) is 5.02 Å². The van der Waals surface area contributed by atoms with Crippen molar-refractivity contribution in [2.45, 2.75) is 18.4 Å². The van der Waals surface area contributed by atoms with Gasteiger partial charge in [0.15, 0.2) is 11.5 Å². The van der Waals surface area contributed by atoms with Crippen LogP contribution in [-0.4, -0.2) is 40.8 Å². The molecule has 7 heteroatoms. The smallest absolute Gasteiger partial charge is 0.256 e. The number of nitrogens with one attached hydrogen (secondary N) is 1. The van der Waals surface area contributed by atoms with Gasteiger partial charge in [-0.15, -0.1) is 0 Å². The third kappa shape index (κ3) is 2.80. The van der Waals surface area contributed by atoms with Crippen molar-refractivity contribution in [3.05, 3.63) is 58.7 Å². The Labute approximate surface area is 166 Å². The van der Waals surface area contributed by atoms with Crippen LogP contribution in [0.15, 0.2) is 42.6 Å². The van der Waals surface area contributed by atoms with Crippen LogP contribution in [0.5, 0.6) is 11.5 Å². The first-order valence-corrected chi connectivity index (χ1v) is 9.60. The highest BCUT2D eigenvalue weighted by Crippen LogP contribution is 2.40. The Balaban J connectivity index is 1.34. The number of nitrogens with zero attached hydrogens (tertiary/aromatic N) is 1. The number of benzene rings is 2. The van der Waals surface area contributed by atoms with Crippen molar-refractivity contribution in [3.8, 4) is 11.5 Å². The second kappa shape index (κ2) is 6.43. The summed E-state index contributed by atoms with van der Waals surface area (Å²) in [4.78, 5) is 17.9. The Morgan fingerprint density at radius 1 is 1.11 bits per heavy atom. The van der Waals surface area contributed by atoms with E-state index < -0.39 is 5.60 Å². The van der Waals surface area contributed by atoms with Gasteiger partial charge in [-0.05, 0) is 42.7 Å². The lowest BCUT2D eigenvalue weighted by atomic mass is 9.84. The summed E-state index contributed by atoms with van der Waals surface area (Å²) in [6.07, 6.45) is 2.65. The molecule has 1 saturated heterocycles. The molecule has 3 heterocycles. The van der Waals surface area contributed by atoms with E-state index in [-0.39, 0.29) is 12.7 Å². The van der Waals surface area contributed by atoms with Gasteiger partial charge in [0.2, 0.25) is 6.79 Å². The number of hydrogen-bond donors (Lipinski definition) is 2. The molecule has 0 atom stereocenters. The summed E-state index contributed by atoms with van der Waals surface area (Å²) >= 11 is 6.02. The maximum absolute atomic E-state index is 13.0. The number of H-pyrrole nitrogens is 1. The lowest BCUT2D eigenvalue weighted by Crippen LogP contribution is -2.45. The summed E-state index contributed by atoms with van der Waals surface area (Å²) in [7, 11) is 0. The van der Waals surface area contributed by atoms with Crippen LogP contribution in [-0.2, 0) is 5.60 Å². The second-order valence-corrected chi connectivity index (χ2v) is 7.72. The Kier molecular flexibility index (Phi) is 4.00. The van der Waals surface area contributed by atoms with Gasteiger partial charge < -0.3 is 24.5 Å². The maximum atomic E-state index is 13.0. The van der Waals surface area contributed by atoms with Crippen LogP contribution in [0.1, 0.15) is 28.8 Å². The summed E-state index contributed by atoms with van der Waals surface area (Å²) in [5.74, 6) is 1.31. The number of carbonyl (C=O) groups excluding carboxylic acids is 1. The number of hydrogen-bond acceptors (Lipinski definition) is 4.